The monoisotopic (exact) mass is 239 g/mol. The lowest BCUT2D eigenvalue weighted by Crippen LogP contribution is -2.36. The van der Waals surface area contributed by atoms with Gasteiger partial charge in [0, 0.05) is 43.9 Å². The molecule has 4 heteroatoms. The summed E-state index contributed by atoms with van der Waals surface area (Å²) in [6.07, 6.45) is 4.04. The second-order valence-corrected chi connectivity index (χ2v) is 4.88. The molecule has 0 aliphatic heterocycles. The van der Waals surface area contributed by atoms with Gasteiger partial charge in [-0.15, -0.1) is 0 Å². The average molecular weight is 239 g/mol. The van der Waals surface area contributed by atoms with Gasteiger partial charge in [0.05, 0.1) is 5.69 Å². The van der Waals surface area contributed by atoms with Gasteiger partial charge in [0.1, 0.15) is 0 Å². The van der Waals surface area contributed by atoms with Crippen LogP contribution in [0.15, 0.2) is 6.20 Å². The molecule has 0 fully saturated rings. The van der Waals surface area contributed by atoms with Crippen molar-refractivity contribution in [3.8, 4) is 0 Å². The predicted octanol–water partition coefficient (Wildman–Crippen LogP) is 1.62. The van der Waals surface area contributed by atoms with Gasteiger partial charge in [-0.05, 0) is 19.8 Å². The van der Waals surface area contributed by atoms with E-state index >= 15 is 0 Å². The molecule has 1 heterocycles. The first kappa shape index (κ1) is 14.2. The molecular formula is C13H25N3O. The van der Waals surface area contributed by atoms with Crippen molar-refractivity contribution in [2.45, 2.75) is 40.2 Å². The fourth-order valence-electron chi connectivity index (χ4n) is 2.06. The summed E-state index contributed by atoms with van der Waals surface area (Å²) in [5.74, 6) is 0. The molecule has 0 aliphatic rings. The van der Waals surface area contributed by atoms with Gasteiger partial charge in [0.15, 0.2) is 0 Å². The molecule has 0 atom stereocenters. The average Bonchev–Trinajstić information content (AvgIpc) is 2.64. The fourth-order valence-corrected chi connectivity index (χ4v) is 2.06. The SMILES string of the molecule is CCC(CC)(CO)CNCc1cn(C)nc1C. The highest BCUT2D eigenvalue weighted by Crippen LogP contribution is 2.24. The molecule has 0 aromatic carbocycles. The van der Waals surface area contributed by atoms with Crippen LogP contribution in [-0.2, 0) is 13.6 Å². The first-order chi connectivity index (χ1) is 8.06. The Morgan fingerprint density at radius 2 is 2.06 bits per heavy atom. The summed E-state index contributed by atoms with van der Waals surface area (Å²) in [5.41, 5.74) is 2.32. The van der Waals surface area contributed by atoms with Crippen LogP contribution in [0.5, 0.6) is 0 Å². The molecule has 1 aromatic rings. The van der Waals surface area contributed by atoms with Gasteiger partial charge in [-0.1, -0.05) is 13.8 Å². The van der Waals surface area contributed by atoms with Crippen molar-refractivity contribution in [2.24, 2.45) is 12.5 Å². The highest BCUT2D eigenvalue weighted by molar-refractivity contribution is 5.14. The smallest absolute Gasteiger partial charge is 0.0638 e. The summed E-state index contributed by atoms with van der Waals surface area (Å²) in [6.45, 7) is 8.22. The molecule has 2 N–H and O–H groups in total. The van der Waals surface area contributed by atoms with Crippen LogP contribution in [0.25, 0.3) is 0 Å². The van der Waals surface area contributed by atoms with Crippen LogP contribution in [0, 0.1) is 12.3 Å². The Morgan fingerprint density at radius 1 is 1.41 bits per heavy atom. The van der Waals surface area contributed by atoms with E-state index in [1.54, 1.807) is 0 Å². The molecule has 0 spiro atoms. The Balaban J connectivity index is 2.49. The van der Waals surface area contributed by atoms with Crippen molar-refractivity contribution in [2.75, 3.05) is 13.2 Å². The van der Waals surface area contributed by atoms with Crippen LogP contribution < -0.4 is 5.32 Å². The van der Waals surface area contributed by atoms with Crippen LogP contribution in [0.1, 0.15) is 37.9 Å². The Morgan fingerprint density at radius 3 is 2.47 bits per heavy atom. The number of nitrogens with zero attached hydrogens (tertiary/aromatic N) is 2. The number of hydrogen-bond donors (Lipinski definition) is 2. The zero-order valence-electron chi connectivity index (χ0n) is 11.5. The molecule has 4 nitrogen and oxygen atoms in total. The van der Waals surface area contributed by atoms with Gasteiger partial charge in [-0.2, -0.15) is 5.10 Å². The van der Waals surface area contributed by atoms with Crippen molar-refractivity contribution in [3.63, 3.8) is 0 Å². The fraction of sp³-hybridized carbons (Fsp3) is 0.769. The largest absolute Gasteiger partial charge is 0.396 e. The van der Waals surface area contributed by atoms with Gasteiger partial charge in [0.2, 0.25) is 0 Å². The number of aliphatic hydroxyl groups excluding tert-OH is 1. The molecule has 0 saturated carbocycles. The highest BCUT2D eigenvalue weighted by atomic mass is 16.3. The van der Waals surface area contributed by atoms with E-state index in [-0.39, 0.29) is 12.0 Å². The van der Waals surface area contributed by atoms with Gasteiger partial charge in [-0.25, -0.2) is 0 Å². The normalized spacial score (nSPS) is 12.1. The molecule has 1 aromatic heterocycles. The van der Waals surface area contributed by atoms with Crippen LogP contribution in [-0.4, -0.2) is 28.0 Å². The second kappa shape index (κ2) is 6.17. The van der Waals surface area contributed by atoms with E-state index in [0.717, 1.165) is 31.6 Å². The number of nitrogens with one attached hydrogen (secondary N) is 1. The third kappa shape index (κ3) is 3.54. The topological polar surface area (TPSA) is 50.1 Å². The minimum absolute atomic E-state index is 0.0239. The molecule has 1 rings (SSSR count). The summed E-state index contributed by atoms with van der Waals surface area (Å²) in [7, 11) is 1.94. The van der Waals surface area contributed by atoms with Gasteiger partial charge < -0.3 is 10.4 Å². The number of aryl methyl sites for hydroxylation is 2. The van der Waals surface area contributed by atoms with Crippen LogP contribution in [0.3, 0.4) is 0 Å². The van der Waals surface area contributed by atoms with Crippen LogP contribution in [0.2, 0.25) is 0 Å². The van der Waals surface area contributed by atoms with E-state index in [4.69, 9.17) is 0 Å². The lowest BCUT2D eigenvalue weighted by atomic mass is 9.83. The van der Waals surface area contributed by atoms with Gasteiger partial charge >= 0.3 is 0 Å². The van der Waals surface area contributed by atoms with Crippen molar-refractivity contribution in [1.29, 1.82) is 0 Å². The Bertz CT molecular complexity index is 334. The number of aromatic nitrogens is 2. The van der Waals surface area contributed by atoms with Crippen molar-refractivity contribution in [3.05, 3.63) is 17.5 Å². The van der Waals surface area contributed by atoms with Crippen LogP contribution >= 0.6 is 0 Å². The molecule has 0 aliphatic carbocycles. The highest BCUT2D eigenvalue weighted by Gasteiger charge is 2.24. The first-order valence-corrected chi connectivity index (χ1v) is 6.37. The quantitative estimate of drug-likeness (QED) is 0.760. The Labute approximate surface area is 104 Å². The standard InChI is InChI=1S/C13H25N3O/c1-5-13(6-2,10-17)9-14-7-12-8-16(4)15-11(12)3/h8,14,17H,5-7,9-10H2,1-4H3. The maximum atomic E-state index is 9.48. The van der Waals surface area contributed by atoms with E-state index in [2.05, 4.69) is 24.3 Å². The lowest BCUT2D eigenvalue weighted by molar-refractivity contribution is 0.113. The molecule has 0 bridgehead atoms. The Hall–Kier alpha value is -0.870. The molecule has 0 amide bonds. The van der Waals surface area contributed by atoms with Crippen molar-refractivity contribution >= 4 is 0 Å². The van der Waals surface area contributed by atoms with Crippen molar-refractivity contribution < 1.29 is 5.11 Å². The predicted molar refractivity (Wildman–Crippen MR) is 69.8 cm³/mol. The summed E-state index contributed by atoms with van der Waals surface area (Å²) in [4.78, 5) is 0. The van der Waals surface area contributed by atoms with E-state index in [1.165, 1.54) is 5.56 Å². The van der Waals surface area contributed by atoms with Gasteiger partial charge in [0.25, 0.3) is 0 Å². The van der Waals surface area contributed by atoms with Crippen LogP contribution in [0.4, 0.5) is 0 Å². The third-order valence-electron chi connectivity index (χ3n) is 3.77. The molecular weight excluding hydrogens is 214 g/mol. The third-order valence-corrected chi connectivity index (χ3v) is 3.77. The van der Waals surface area contributed by atoms with E-state index < -0.39 is 0 Å². The number of hydrogen-bond acceptors (Lipinski definition) is 3. The summed E-state index contributed by atoms with van der Waals surface area (Å²) in [5, 5.41) is 17.2. The molecule has 0 unspecified atom stereocenters. The summed E-state index contributed by atoms with van der Waals surface area (Å²) in [6, 6.07) is 0. The molecule has 17 heavy (non-hydrogen) atoms. The summed E-state index contributed by atoms with van der Waals surface area (Å²) >= 11 is 0. The molecule has 98 valence electrons. The lowest BCUT2D eigenvalue weighted by Gasteiger charge is -2.29. The molecule has 0 saturated heterocycles. The maximum absolute atomic E-state index is 9.48. The minimum atomic E-state index is 0.0239. The van der Waals surface area contributed by atoms with E-state index in [9.17, 15) is 5.11 Å². The van der Waals surface area contributed by atoms with E-state index in [0.29, 0.717) is 0 Å². The van der Waals surface area contributed by atoms with E-state index in [1.807, 2.05) is 24.9 Å². The number of aliphatic hydroxyl groups is 1. The zero-order chi connectivity index (χ0) is 12.9. The first-order valence-electron chi connectivity index (χ1n) is 6.37. The van der Waals surface area contributed by atoms with Crippen molar-refractivity contribution in [1.82, 2.24) is 15.1 Å². The minimum Gasteiger partial charge on any atom is -0.396 e. The zero-order valence-corrected chi connectivity index (χ0v) is 11.5. The van der Waals surface area contributed by atoms with Gasteiger partial charge in [-0.3, -0.25) is 4.68 Å². The second-order valence-electron chi connectivity index (χ2n) is 4.88. The molecule has 0 radical (unpaired) electrons. The number of rotatable bonds is 7. The maximum Gasteiger partial charge on any atom is 0.0638 e. The summed E-state index contributed by atoms with van der Waals surface area (Å²) < 4.78 is 1.84. The Kier molecular flexibility index (Phi) is 5.15.